The van der Waals surface area contributed by atoms with E-state index < -0.39 is 0 Å². The van der Waals surface area contributed by atoms with Gasteiger partial charge in [0.15, 0.2) is 0 Å². The van der Waals surface area contributed by atoms with E-state index in [9.17, 15) is 0 Å². The quantitative estimate of drug-likeness (QED) is 0.686. The molecule has 19 heavy (non-hydrogen) atoms. The van der Waals surface area contributed by atoms with E-state index in [0.29, 0.717) is 12.1 Å². The molecule has 0 spiro atoms. The van der Waals surface area contributed by atoms with Gasteiger partial charge in [-0.25, -0.2) is 0 Å². The average Bonchev–Trinajstić information content (AvgIpc) is 2.31. The van der Waals surface area contributed by atoms with Crippen LogP contribution in [0.4, 0.5) is 0 Å². The summed E-state index contributed by atoms with van der Waals surface area (Å²) in [6.45, 7) is 16.5. The van der Waals surface area contributed by atoms with Gasteiger partial charge >= 0.3 is 0 Å². The van der Waals surface area contributed by atoms with Crippen LogP contribution in [0.25, 0.3) is 0 Å². The molecular formula is C16H34N2O. The van der Waals surface area contributed by atoms with Crippen LogP contribution in [-0.4, -0.2) is 49.8 Å². The molecule has 2 atom stereocenters. The number of piperazine rings is 1. The molecule has 3 heteroatoms. The van der Waals surface area contributed by atoms with Gasteiger partial charge in [-0.2, -0.15) is 0 Å². The lowest BCUT2D eigenvalue weighted by atomic mass is 9.96. The summed E-state index contributed by atoms with van der Waals surface area (Å²) < 4.78 is 5.54. The zero-order valence-electron chi connectivity index (χ0n) is 13.6. The predicted octanol–water partition coefficient (Wildman–Crippen LogP) is 2.76. The van der Waals surface area contributed by atoms with E-state index in [1.54, 1.807) is 0 Å². The van der Waals surface area contributed by atoms with Gasteiger partial charge in [-0.3, -0.25) is 4.90 Å². The summed E-state index contributed by atoms with van der Waals surface area (Å²) in [5.74, 6) is 1.54. The highest BCUT2D eigenvalue weighted by Gasteiger charge is 2.28. The molecule has 0 aliphatic carbocycles. The number of hydrogen-bond donors (Lipinski definition) is 1. The van der Waals surface area contributed by atoms with Crippen LogP contribution >= 0.6 is 0 Å². The van der Waals surface area contributed by atoms with E-state index in [1.165, 1.54) is 19.4 Å². The average molecular weight is 270 g/mol. The van der Waals surface area contributed by atoms with Gasteiger partial charge in [0.05, 0.1) is 6.61 Å². The number of nitrogens with zero attached hydrogens (tertiary/aromatic N) is 1. The Bertz CT molecular complexity index is 231. The molecule has 0 aromatic rings. The van der Waals surface area contributed by atoms with Crippen LogP contribution in [0.3, 0.4) is 0 Å². The van der Waals surface area contributed by atoms with E-state index in [1.807, 2.05) is 0 Å². The van der Waals surface area contributed by atoms with Crippen molar-refractivity contribution in [3.05, 3.63) is 0 Å². The van der Waals surface area contributed by atoms with Crippen molar-refractivity contribution in [2.45, 2.75) is 59.5 Å². The number of nitrogens with one attached hydrogen (secondary N) is 1. The number of ether oxygens (including phenoxy) is 1. The van der Waals surface area contributed by atoms with Crippen LogP contribution in [0, 0.1) is 11.8 Å². The first-order valence-corrected chi connectivity index (χ1v) is 8.08. The smallest absolute Gasteiger partial charge is 0.0593 e. The van der Waals surface area contributed by atoms with Gasteiger partial charge in [0.1, 0.15) is 0 Å². The first-order chi connectivity index (χ1) is 9.02. The van der Waals surface area contributed by atoms with Gasteiger partial charge in [-0.15, -0.1) is 0 Å². The van der Waals surface area contributed by atoms with Crippen molar-refractivity contribution < 1.29 is 4.74 Å². The first-order valence-electron chi connectivity index (χ1n) is 8.08. The van der Waals surface area contributed by atoms with E-state index in [4.69, 9.17) is 4.74 Å². The molecular weight excluding hydrogens is 236 g/mol. The Kier molecular flexibility index (Phi) is 7.96. The highest BCUT2D eigenvalue weighted by molar-refractivity contribution is 4.87. The van der Waals surface area contributed by atoms with Crippen molar-refractivity contribution in [1.82, 2.24) is 10.2 Å². The van der Waals surface area contributed by atoms with Gasteiger partial charge in [0.2, 0.25) is 0 Å². The third-order valence-electron chi connectivity index (χ3n) is 3.84. The van der Waals surface area contributed by atoms with Crippen LogP contribution in [0.1, 0.15) is 47.5 Å². The molecule has 3 nitrogen and oxygen atoms in total. The molecule has 1 N–H and O–H groups in total. The third kappa shape index (κ3) is 6.73. The number of hydrogen-bond acceptors (Lipinski definition) is 3. The normalized spacial score (nSPS) is 25.4. The van der Waals surface area contributed by atoms with Crippen molar-refractivity contribution in [3.63, 3.8) is 0 Å². The fourth-order valence-corrected chi connectivity index (χ4v) is 3.03. The highest BCUT2D eigenvalue weighted by Crippen LogP contribution is 2.18. The minimum atomic E-state index is 0.657. The lowest BCUT2D eigenvalue weighted by Gasteiger charge is -2.41. The largest absolute Gasteiger partial charge is 0.380 e. The lowest BCUT2D eigenvalue weighted by molar-refractivity contribution is 0.0599. The maximum Gasteiger partial charge on any atom is 0.0593 e. The van der Waals surface area contributed by atoms with E-state index in [2.05, 4.69) is 44.8 Å². The minimum absolute atomic E-state index is 0.657. The zero-order valence-corrected chi connectivity index (χ0v) is 13.6. The van der Waals surface area contributed by atoms with Crippen LogP contribution in [-0.2, 0) is 4.74 Å². The van der Waals surface area contributed by atoms with Crippen LogP contribution in [0.2, 0.25) is 0 Å². The monoisotopic (exact) mass is 270 g/mol. The van der Waals surface area contributed by atoms with Gasteiger partial charge < -0.3 is 10.1 Å². The van der Waals surface area contributed by atoms with E-state index in [0.717, 1.165) is 38.1 Å². The van der Waals surface area contributed by atoms with Gasteiger partial charge in [-0.05, 0) is 31.6 Å². The maximum absolute atomic E-state index is 5.54. The predicted molar refractivity (Wildman–Crippen MR) is 82.6 cm³/mol. The van der Waals surface area contributed by atoms with Gasteiger partial charge in [-0.1, -0.05) is 27.7 Å². The molecule has 0 bridgehead atoms. The standard InChI is InChI=1S/C16H34N2O/c1-6-19-8-7-18-12-15(9-13(2)3)17-11-16(18)10-14(4)5/h13-17H,6-12H2,1-5H3. The maximum atomic E-state index is 5.54. The SMILES string of the molecule is CCOCCN1CC(CC(C)C)NCC1CC(C)C. The Morgan fingerprint density at radius 1 is 1.16 bits per heavy atom. The summed E-state index contributed by atoms with van der Waals surface area (Å²) in [5.41, 5.74) is 0. The molecule has 0 amide bonds. The van der Waals surface area contributed by atoms with Crippen LogP contribution < -0.4 is 5.32 Å². The van der Waals surface area contributed by atoms with Gasteiger partial charge in [0, 0.05) is 38.3 Å². The summed E-state index contributed by atoms with van der Waals surface area (Å²) in [5, 5.41) is 3.74. The van der Waals surface area contributed by atoms with Crippen LogP contribution in [0.15, 0.2) is 0 Å². The van der Waals surface area contributed by atoms with Crippen molar-refractivity contribution in [3.8, 4) is 0 Å². The molecule has 0 radical (unpaired) electrons. The van der Waals surface area contributed by atoms with Crippen molar-refractivity contribution in [1.29, 1.82) is 0 Å². The Hall–Kier alpha value is -0.120. The fraction of sp³-hybridized carbons (Fsp3) is 1.00. The highest BCUT2D eigenvalue weighted by atomic mass is 16.5. The zero-order chi connectivity index (χ0) is 14.3. The molecule has 1 aliphatic rings. The summed E-state index contributed by atoms with van der Waals surface area (Å²) in [4.78, 5) is 2.65. The molecule has 1 heterocycles. The first kappa shape index (κ1) is 16.9. The van der Waals surface area contributed by atoms with E-state index >= 15 is 0 Å². The molecule has 0 aromatic carbocycles. The minimum Gasteiger partial charge on any atom is -0.380 e. The second-order valence-electron chi connectivity index (χ2n) is 6.71. The Balaban J connectivity index is 2.47. The van der Waals surface area contributed by atoms with E-state index in [-0.39, 0.29) is 0 Å². The fourth-order valence-electron chi connectivity index (χ4n) is 3.03. The number of rotatable bonds is 8. The summed E-state index contributed by atoms with van der Waals surface area (Å²) >= 11 is 0. The molecule has 1 saturated heterocycles. The van der Waals surface area contributed by atoms with Crippen molar-refractivity contribution >= 4 is 0 Å². The molecule has 2 unspecified atom stereocenters. The Morgan fingerprint density at radius 3 is 2.42 bits per heavy atom. The topological polar surface area (TPSA) is 24.5 Å². The molecule has 0 saturated carbocycles. The van der Waals surface area contributed by atoms with Crippen molar-refractivity contribution in [2.75, 3.05) is 32.8 Å². The molecule has 1 rings (SSSR count). The molecule has 114 valence electrons. The molecule has 1 fully saturated rings. The summed E-state index contributed by atoms with van der Waals surface area (Å²) in [6.07, 6.45) is 2.56. The molecule has 1 aliphatic heterocycles. The van der Waals surface area contributed by atoms with Crippen LogP contribution in [0.5, 0.6) is 0 Å². The second kappa shape index (κ2) is 8.93. The molecule has 0 aromatic heterocycles. The van der Waals surface area contributed by atoms with Gasteiger partial charge in [0.25, 0.3) is 0 Å². The second-order valence-corrected chi connectivity index (χ2v) is 6.71. The van der Waals surface area contributed by atoms with Crippen molar-refractivity contribution in [2.24, 2.45) is 11.8 Å². The third-order valence-corrected chi connectivity index (χ3v) is 3.84. The lowest BCUT2D eigenvalue weighted by Crippen LogP contribution is -2.57. The summed E-state index contributed by atoms with van der Waals surface area (Å²) in [7, 11) is 0. The Morgan fingerprint density at radius 2 is 1.84 bits per heavy atom. The summed E-state index contributed by atoms with van der Waals surface area (Å²) in [6, 6.07) is 1.34. The Labute approximate surface area is 120 Å².